The van der Waals surface area contributed by atoms with Gasteiger partial charge in [-0.3, -0.25) is 4.79 Å². The molecule has 0 aliphatic rings. The third-order valence-corrected chi connectivity index (χ3v) is 5.65. The van der Waals surface area contributed by atoms with Gasteiger partial charge in [-0.15, -0.1) is 0 Å². The third-order valence-electron chi connectivity index (χ3n) is 5.65. The molecule has 3 aromatic carbocycles. The van der Waals surface area contributed by atoms with Crippen LogP contribution in [0.2, 0.25) is 0 Å². The molecule has 0 amide bonds. The maximum absolute atomic E-state index is 13.8. The van der Waals surface area contributed by atoms with E-state index in [9.17, 15) is 23.2 Å². The molecule has 0 atom stereocenters. The fraction of sp³-hybridized carbons (Fsp3) is 0.143. The quantitative estimate of drug-likeness (QED) is 0.317. The van der Waals surface area contributed by atoms with Crippen molar-refractivity contribution < 1.29 is 17.9 Å². The minimum absolute atomic E-state index is 0.0108. The number of benzene rings is 3. The van der Waals surface area contributed by atoms with Gasteiger partial charge in [0, 0.05) is 5.56 Å². The molecule has 0 aliphatic heterocycles. The highest BCUT2D eigenvalue weighted by molar-refractivity contribution is 5.64. The Morgan fingerprint density at radius 3 is 2.29 bits per heavy atom. The maximum Gasteiger partial charge on any atom is 0.417 e. The zero-order valence-electron chi connectivity index (χ0n) is 19.1. The predicted octanol–water partition coefficient (Wildman–Crippen LogP) is 6.86. The van der Waals surface area contributed by atoms with Gasteiger partial charge >= 0.3 is 6.18 Å². The van der Waals surface area contributed by atoms with Crippen LogP contribution in [-0.4, -0.2) is 4.57 Å². The van der Waals surface area contributed by atoms with Crippen LogP contribution in [0.1, 0.15) is 27.8 Å². The molecule has 4 nitrogen and oxygen atoms in total. The van der Waals surface area contributed by atoms with Crippen LogP contribution in [0.4, 0.5) is 13.2 Å². The highest BCUT2D eigenvalue weighted by Crippen LogP contribution is 2.35. The van der Waals surface area contributed by atoms with Crippen molar-refractivity contribution in [3.05, 3.63) is 117 Å². The average molecular weight is 474 g/mol. The van der Waals surface area contributed by atoms with Gasteiger partial charge in [-0.1, -0.05) is 54.1 Å². The van der Waals surface area contributed by atoms with Crippen molar-refractivity contribution >= 4 is 0 Å². The van der Waals surface area contributed by atoms with E-state index in [2.05, 4.69) is 0 Å². The summed E-state index contributed by atoms with van der Waals surface area (Å²) in [4.78, 5) is 13.2. The largest absolute Gasteiger partial charge is 0.457 e. The van der Waals surface area contributed by atoms with Crippen LogP contribution in [0.5, 0.6) is 11.5 Å². The average Bonchev–Trinajstić information content (AvgIpc) is 2.81. The summed E-state index contributed by atoms with van der Waals surface area (Å²) < 4.78 is 48.5. The molecule has 0 aliphatic carbocycles. The number of rotatable bonds is 5. The summed E-state index contributed by atoms with van der Waals surface area (Å²) in [5.41, 5.74) is -0.104. The number of nitriles is 1. The Kier molecular flexibility index (Phi) is 6.48. The van der Waals surface area contributed by atoms with Crippen LogP contribution in [-0.2, 0) is 12.7 Å². The molecule has 0 spiro atoms. The number of aromatic nitrogens is 1. The number of hydrogen-bond acceptors (Lipinski definition) is 3. The lowest BCUT2D eigenvalue weighted by molar-refractivity contribution is -0.137. The molecule has 0 saturated heterocycles. The summed E-state index contributed by atoms with van der Waals surface area (Å²) in [6.45, 7) is 3.81. The van der Waals surface area contributed by atoms with E-state index in [1.165, 1.54) is 10.6 Å². The molecule has 0 unspecified atom stereocenters. The summed E-state index contributed by atoms with van der Waals surface area (Å²) in [6.07, 6.45) is -4.87. The zero-order chi connectivity index (χ0) is 25.2. The fourth-order valence-electron chi connectivity index (χ4n) is 3.91. The zero-order valence-corrected chi connectivity index (χ0v) is 19.1. The summed E-state index contributed by atoms with van der Waals surface area (Å²) in [7, 11) is 0. The van der Waals surface area contributed by atoms with Crippen LogP contribution in [0.15, 0.2) is 83.7 Å². The summed E-state index contributed by atoms with van der Waals surface area (Å²) >= 11 is 0. The lowest BCUT2D eigenvalue weighted by Gasteiger charge is -2.19. The van der Waals surface area contributed by atoms with Crippen molar-refractivity contribution in [2.45, 2.75) is 26.6 Å². The highest BCUT2D eigenvalue weighted by atomic mass is 19.4. The normalized spacial score (nSPS) is 11.2. The molecule has 0 bridgehead atoms. The van der Waals surface area contributed by atoms with E-state index in [-0.39, 0.29) is 12.2 Å². The van der Waals surface area contributed by atoms with Gasteiger partial charge in [0.05, 0.1) is 17.8 Å². The van der Waals surface area contributed by atoms with Crippen LogP contribution >= 0.6 is 0 Å². The van der Waals surface area contributed by atoms with Gasteiger partial charge in [-0.05, 0) is 55.3 Å². The number of hydrogen-bond donors (Lipinski definition) is 0. The molecular weight excluding hydrogens is 453 g/mol. The maximum atomic E-state index is 13.8. The monoisotopic (exact) mass is 474 g/mol. The van der Waals surface area contributed by atoms with Gasteiger partial charge in [0.2, 0.25) is 0 Å². The van der Waals surface area contributed by atoms with E-state index >= 15 is 0 Å². The molecule has 0 radical (unpaired) electrons. The van der Waals surface area contributed by atoms with Gasteiger partial charge in [0.1, 0.15) is 23.1 Å². The Balaban J connectivity index is 1.91. The van der Waals surface area contributed by atoms with E-state index in [1.54, 1.807) is 48.5 Å². The predicted molar refractivity (Wildman–Crippen MR) is 127 cm³/mol. The first-order chi connectivity index (χ1) is 16.7. The van der Waals surface area contributed by atoms with Gasteiger partial charge in [-0.25, -0.2) is 0 Å². The van der Waals surface area contributed by atoms with E-state index in [4.69, 9.17) is 4.74 Å². The molecule has 0 N–H and O–H groups in total. The number of para-hydroxylation sites is 1. The van der Waals surface area contributed by atoms with Crippen LogP contribution < -0.4 is 10.3 Å². The standard InChI is InChI=1S/C28H21F3N2O2/c1-18-11-12-21(19(2)13-18)17-33-26(15-25(28(29,30)31)24(16-32)27(33)34)20-7-6-10-23(14-20)35-22-8-4-3-5-9-22/h3-15H,17H2,1-2H3. The first kappa shape index (κ1) is 23.8. The molecular formula is C28H21F3N2O2. The van der Waals surface area contributed by atoms with Crippen molar-refractivity contribution in [1.29, 1.82) is 5.26 Å². The van der Waals surface area contributed by atoms with Crippen LogP contribution in [0, 0.1) is 25.2 Å². The second kappa shape index (κ2) is 9.51. The van der Waals surface area contributed by atoms with Crippen molar-refractivity contribution in [1.82, 2.24) is 4.57 Å². The number of alkyl halides is 3. The highest BCUT2D eigenvalue weighted by Gasteiger charge is 2.36. The lowest BCUT2D eigenvalue weighted by atomic mass is 10.0. The van der Waals surface area contributed by atoms with Gasteiger partial charge < -0.3 is 9.30 Å². The Morgan fingerprint density at radius 1 is 0.914 bits per heavy atom. The summed E-state index contributed by atoms with van der Waals surface area (Å²) in [6, 6.07) is 23.4. The Bertz CT molecular complexity index is 1480. The molecule has 7 heteroatoms. The molecule has 1 aromatic heterocycles. The first-order valence-corrected chi connectivity index (χ1v) is 10.8. The second-order valence-electron chi connectivity index (χ2n) is 8.19. The van der Waals surface area contributed by atoms with E-state index in [1.807, 2.05) is 38.1 Å². The van der Waals surface area contributed by atoms with Gasteiger partial charge in [-0.2, -0.15) is 18.4 Å². The number of pyridine rings is 1. The molecule has 0 fully saturated rings. The minimum atomic E-state index is -4.87. The summed E-state index contributed by atoms with van der Waals surface area (Å²) in [5.74, 6) is 0.963. The SMILES string of the molecule is Cc1ccc(Cn2c(-c3cccc(Oc4ccccc4)c3)cc(C(F)(F)F)c(C#N)c2=O)c(C)c1. The first-order valence-electron chi connectivity index (χ1n) is 10.8. The van der Waals surface area contributed by atoms with Crippen LogP contribution in [0.3, 0.4) is 0 Å². The Morgan fingerprint density at radius 2 is 1.63 bits per heavy atom. The number of ether oxygens (including phenoxy) is 1. The molecule has 1 heterocycles. The Hall–Kier alpha value is -4.31. The number of halogens is 3. The lowest BCUT2D eigenvalue weighted by Crippen LogP contribution is -2.29. The topological polar surface area (TPSA) is 55.0 Å². The van der Waals surface area contributed by atoms with Gasteiger partial charge in [0.15, 0.2) is 0 Å². The van der Waals surface area contributed by atoms with E-state index < -0.39 is 22.9 Å². The number of aryl methyl sites for hydroxylation is 2. The molecule has 4 aromatic rings. The minimum Gasteiger partial charge on any atom is -0.457 e. The summed E-state index contributed by atoms with van der Waals surface area (Å²) in [5, 5.41) is 9.43. The number of nitrogens with zero attached hydrogens (tertiary/aromatic N) is 2. The van der Waals surface area contributed by atoms with E-state index in [0.717, 1.165) is 22.8 Å². The van der Waals surface area contributed by atoms with E-state index in [0.29, 0.717) is 17.1 Å². The fourth-order valence-corrected chi connectivity index (χ4v) is 3.91. The van der Waals surface area contributed by atoms with Crippen molar-refractivity contribution in [3.63, 3.8) is 0 Å². The van der Waals surface area contributed by atoms with Crippen LogP contribution in [0.25, 0.3) is 11.3 Å². The van der Waals surface area contributed by atoms with Crippen molar-refractivity contribution in [3.8, 4) is 28.8 Å². The van der Waals surface area contributed by atoms with Gasteiger partial charge in [0.25, 0.3) is 5.56 Å². The molecule has 4 rings (SSSR count). The molecule has 0 saturated carbocycles. The van der Waals surface area contributed by atoms with Crippen molar-refractivity contribution in [2.24, 2.45) is 0 Å². The Labute approximate surface area is 200 Å². The molecule has 35 heavy (non-hydrogen) atoms. The molecule has 176 valence electrons. The third kappa shape index (κ3) is 5.12. The second-order valence-corrected chi connectivity index (χ2v) is 8.19. The van der Waals surface area contributed by atoms with Crippen molar-refractivity contribution in [2.75, 3.05) is 0 Å². The smallest absolute Gasteiger partial charge is 0.417 e.